The van der Waals surface area contributed by atoms with E-state index in [1.807, 2.05) is 0 Å². The van der Waals surface area contributed by atoms with Gasteiger partial charge in [-0.2, -0.15) is 4.68 Å². The maximum atomic E-state index is 12.5. The molecule has 0 spiro atoms. The van der Waals surface area contributed by atoms with Crippen LogP contribution in [0.2, 0.25) is 0 Å². The van der Waals surface area contributed by atoms with E-state index in [4.69, 9.17) is 4.74 Å². The molecular formula is C18H14N8O4. The molecule has 0 aliphatic heterocycles. The third kappa shape index (κ3) is 3.32. The molecule has 0 saturated heterocycles. The molecule has 4 aromatic rings. The average molecular weight is 406 g/mol. The number of rotatable bonds is 6. The molecule has 1 amide bonds. The summed E-state index contributed by atoms with van der Waals surface area (Å²) in [7, 11) is 1.43. The van der Waals surface area contributed by atoms with Crippen molar-refractivity contribution in [3.05, 3.63) is 70.5 Å². The van der Waals surface area contributed by atoms with Gasteiger partial charge < -0.3 is 4.74 Å². The molecule has 0 atom stereocenters. The molecule has 0 saturated carbocycles. The average Bonchev–Trinajstić information content (AvgIpc) is 3.21. The first-order valence-corrected chi connectivity index (χ1v) is 8.59. The van der Waals surface area contributed by atoms with Gasteiger partial charge in [0.05, 0.1) is 23.1 Å². The van der Waals surface area contributed by atoms with Gasteiger partial charge in [0.15, 0.2) is 0 Å². The van der Waals surface area contributed by atoms with E-state index in [-0.39, 0.29) is 17.2 Å². The summed E-state index contributed by atoms with van der Waals surface area (Å²) < 4.78 is 6.39. The molecule has 2 aromatic carbocycles. The number of nitro groups is 1. The topological polar surface area (TPSA) is 150 Å². The first-order valence-electron chi connectivity index (χ1n) is 8.59. The number of nitrogens with one attached hydrogen (secondary N) is 2. The molecule has 0 bridgehead atoms. The Balaban J connectivity index is 1.69. The molecule has 0 unspecified atom stereocenters. The largest absolute Gasteiger partial charge is 0.496 e. The number of hydrogen-bond donors (Lipinski definition) is 2. The summed E-state index contributed by atoms with van der Waals surface area (Å²) in [6.45, 7) is 0. The molecule has 2 N–H and O–H groups in total. The number of para-hydroxylation sites is 2. The fraction of sp³-hybridized carbons (Fsp3) is 0.0556. The van der Waals surface area contributed by atoms with Crippen LogP contribution in [0.1, 0.15) is 10.4 Å². The molecule has 12 nitrogen and oxygen atoms in total. The summed E-state index contributed by atoms with van der Waals surface area (Å²) in [6.07, 6.45) is 1.12. The van der Waals surface area contributed by atoms with E-state index in [1.54, 1.807) is 48.5 Å². The van der Waals surface area contributed by atoms with Gasteiger partial charge in [-0.3, -0.25) is 25.8 Å². The SMILES string of the molecule is COc1ccccc1C(=O)NNc1ncnc(-n2nnc3ccccc32)c1[N+](=O)[O-]. The highest BCUT2D eigenvalue weighted by Crippen LogP contribution is 2.28. The smallest absolute Gasteiger partial charge is 0.357 e. The van der Waals surface area contributed by atoms with E-state index in [2.05, 4.69) is 31.1 Å². The predicted octanol–water partition coefficient (Wildman–Crippen LogP) is 1.88. The van der Waals surface area contributed by atoms with E-state index in [0.717, 1.165) is 6.33 Å². The predicted molar refractivity (Wildman–Crippen MR) is 105 cm³/mol. The number of ether oxygens (including phenoxy) is 1. The van der Waals surface area contributed by atoms with Gasteiger partial charge in [-0.05, 0) is 24.3 Å². The van der Waals surface area contributed by atoms with Crippen LogP contribution >= 0.6 is 0 Å². The number of carbonyl (C=O) groups excluding carboxylic acids is 1. The van der Waals surface area contributed by atoms with Gasteiger partial charge in [0.1, 0.15) is 17.6 Å². The molecular weight excluding hydrogens is 392 g/mol. The number of aromatic nitrogens is 5. The van der Waals surface area contributed by atoms with E-state index in [1.165, 1.54) is 11.8 Å². The van der Waals surface area contributed by atoms with Gasteiger partial charge in [-0.25, -0.2) is 9.97 Å². The molecule has 0 radical (unpaired) electrons. The van der Waals surface area contributed by atoms with Crippen molar-refractivity contribution in [1.29, 1.82) is 0 Å². The minimum atomic E-state index is -0.663. The summed E-state index contributed by atoms with van der Waals surface area (Å²) >= 11 is 0. The molecule has 0 aliphatic carbocycles. The standard InChI is InChI=1S/C18H14N8O4/c1-30-14-9-5-2-6-11(14)18(27)23-22-16-15(26(28)29)17(20-10-19-16)25-13-8-4-3-7-12(13)21-24-25/h2-10H,1H3,(H,23,27)(H,19,20,22). The van der Waals surface area contributed by atoms with Gasteiger partial charge in [0, 0.05) is 0 Å². The highest BCUT2D eigenvalue weighted by atomic mass is 16.6. The van der Waals surface area contributed by atoms with Crippen molar-refractivity contribution < 1.29 is 14.5 Å². The van der Waals surface area contributed by atoms with Crippen LogP contribution in [0.25, 0.3) is 16.9 Å². The van der Waals surface area contributed by atoms with Crippen molar-refractivity contribution in [2.75, 3.05) is 12.5 Å². The van der Waals surface area contributed by atoms with Crippen LogP contribution in [0.3, 0.4) is 0 Å². The number of nitrogens with zero attached hydrogens (tertiary/aromatic N) is 6. The van der Waals surface area contributed by atoms with Crippen LogP contribution in [0.4, 0.5) is 11.5 Å². The first kappa shape index (κ1) is 18.7. The van der Waals surface area contributed by atoms with Crippen LogP contribution < -0.4 is 15.6 Å². The van der Waals surface area contributed by atoms with Crippen LogP contribution in [-0.2, 0) is 0 Å². The normalized spacial score (nSPS) is 10.6. The highest BCUT2D eigenvalue weighted by Gasteiger charge is 2.27. The zero-order chi connectivity index (χ0) is 21.1. The minimum absolute atomic E-state index is 0.0993. The number of anilines is 1. The molecule has 2 heterocycles. The zero-order valence-corrected chi connectivity index (χ0v) is 15.5. The van der Waals surface area contributed by atoms with E-state index >= 15 is 0 Å². The lowest BCUT2D eigenvalue weighted by Crippen LogP contribution is -2.30. The third-order valence-corrected chi connectivity index (χ3v) is 4.18. The Hall–Kier alpha value is -4.61. The Labute approximate surface area is 168 Å². The summed E-state index contributed by atoms with van der Waals surface area (Å²) in [4.78, 5) is 31.5. The quantitative estimate of drug-likeness (QED) is 0.361. The Bertz CT molecular complexity index is 1260. The Morgan fingerprint density at radius 1 is 1.13 bits per heavy atom. The molecule has 150 valence electrons. The summed E-state index contributed by atoms with van der Waals surface area (Å²) in [5.41, 5.74) is 5.71. The lowest BCUT2D eigenvalue weighted by molar-refractivity contribution is -0.384. The Morgan fingerprint density at radius 3 is 2.70 bits per heavy atom. The maximum absolute atomic E-state index is 12.5. The second kappa shape index (κ2) is 7.79. The monoisotopic (exact) mass is 406 g/mol. The molecule has 4 rings (SSSR count). The molecule has 2 aromatic heterocycles. The van der Waals surface area contributed by atoms with Crippen LogP contribution in [-0.4, -0.2) is 42.9 Å². The van der Waals surface area contributed by atoms with Crippen molar-refractivity contribution in [3.8, 4) is 11.6 Å². The highest BCUT2D eigenvalue weighted by molar-refractivity contribution is 5.97. The summed E-state index contributed by atoms with van der Waals surface area (Å²) in [5, 5.41) is 19.7. The van der Waals surface area contributed by atoms with E-state index in [0.29, 0.717) is 16.8 Å². The number of hydrogen-bond acceptors (Lipinski definition) is 9. The lowest BCUT2D eigenvalue weighted by Gasteiger charge is -2.11. The third-order valence-electron chi connectivity index (χ3n) is 4.18. The molecule has 30 heavy (non-hydrogen) atoms. The van der Waals surface area contributed by atoms with Gasteiger partial charge in [0.2, 0.25) is 11.6 Å². The van der Waals surface area contributed by atoms with Crippen molar-refractivity contribution >= 4 is 28.4 Å². The number of methoxy groups -OCH3 is 1. The summed E-state index contributed by atoms with van der Waals surface area (Å²) in [5.74, 6) is -0.526. The van der Waals surface area contributed by atoms with Crippen molar-refractivity contribution in [1.82, 2.24) is 30.4 Å². The molecule has 0 fully saturated rings. The van der Waals surface area contributed by atoms with Gasteiger partial charge in [-0.15, -0.1) is 5.10 Å². The second-order valence-electron chi connectivity index (χ2n) is 5.92. The van der Waals surface area contributed by atoms with Gasteiger partial charge in [0.25, 0.3) is 5.91 Å². The van der Waals surface area contributed by atoms with E-state index in [9.17, 15) is 14.9 Å². The lowest BCUT2D eigenvalue weighted by atomic mass is 10.2. The molecule has 12 heteroatoms. The van der Waals surface area contributed by atoms with Crippen LogP contribution in [0, 0.1) is 10.1 Å². The Morgan fingerprint density at radius 2 is 1.90 bits per heavy atom. The Kier molecular flexibility index (Phi) is 4.87. The number of fused-ring (bicyclic) bond motifs is 1. The fourth-order valence-corrected chi connectivity index (χ4v) is 2.82. The van der Waals surface area contributed by atoms with Crippen molar-refractivity contribution in [3.63, 3.8) is 0 Å². The summed E-state index contributed by atoms with van der Waals surface area (Å²) in [6, 6.07) is 13.5. The zero-order valence-electron chi connectivity index (χ0n) is 15.5. The second-order valence-corrected chi connectivity index (χ2v) is 5.92. The minimum Gasteiger partial charge on any atom is -0.496 e. The first-order chi connectivity index (χ1) is 14.6. The number of benzene rings is 2. The van der Waals surface area contributed by atoms with Gasteiger partial charge in [-0.1, -0.05) is 29.5 Å². The number of amides is 1. The fourth-order valence-electron chi connectivity index (χ4n) is 2.82. The van der Waals surface area contributed by atoms with Crippen LogP contribution in [0.5, 0.6) is 5.75 Å². The number of hydrazine groups is 1. The van der Waals surface area contributed by atoms with Crippen LogP contribution in [0.15, 0.2) is 54.9 Å². The van der Waals surface area contributed by atoms with Crippen molar-refractivity contribution in [2.45, 2.75) is 0 Å². The van der Waals surface area contributed by atoms with E-state index < -0.39 is 16.5 Å². The van der Waals surface area contributed by atoms with Crippen molar-refractivity contribution in [2.24, 2.45) is 0 Å². The number of carbonyl (C=O) groups is 1. The molecule has 0 aliphatic rings. The maximum Gasteiger partial charge on any atom is 0.357 e. The van der Waals surface area contributed by atoms with Gasteiger partial charge >= 0.3 is 5.69 Å².